The fraction of sp³-hybridized carbons (Fsp3) is 0.300. The number of rotatable bonds is 4. The number of aromatic nitrogens is 1. The molecular formula is C20H21N3O3S2. The van der Waals surface area contributed by atoms with Crippen LogP contribution in [-0.2, 0) is 10.0 Å². The van der Waals surface area contributed by atoms with Gasteiger partial charge in [-0.05, 0) is 37.1 Å². The summed E-state index contributed by atoms with van der Waals surface area (Å²) in [6.45, 7) is 1.26. The first-order chi connectivity index (χ1) is 13.4. The highest BCUT2D eigenvalue weighted by Gasteiger charge is 2.27. The van der Waals surface area contributed by atoms with E-state index in [2.05, 4.69) is 10.8 Å². The molecule has 6 nitrogen and oxygen atoms in total. The van der Waals surface area contributed by atoms with Crippen LogP contribution in [0.3, 0.4) is 0 Å². The van der Waals surface area contributed by atoms with E-state index < -0.39 is 10.0 Å². The number of hydrogen-bond donors (Lipinski definition) is 1. The zero-order valence-electron chi connectivity index (χ0n) is 15.5. The highest BCUT2D eigenvalue weighted by atomic mass is 32.2. The third-order valence-corrected chi connectivity index (χ3v) is 6.68. The molecule has 1 N–H and O–H groups in total. The van der Waals surface area contributed by atoms with Crippen LogP contribution in [0.5, 0.6) is 0 Å². The van der Waals surface area contributed by atoms with Gasteiger partial charge in [0, 0.05) is 19.0 Å². The SMILES string of the molecule is CS(=O)(=O)Nc1ccccc1C(=O)N1CCC(c2nc3ccccc3s2)CC1. The molecule has 0 bridgehead atoms. The minimum atomic E-state index is -3.45. The van der Waals surface area contributed by atoms with E-state index in [0.717, 1.165) is 29.6 Å². The van der Waals surface area contributed by atoms with Gasteiger partial charge in [0.15, 0.2) is 0 Å². The molecule has 1 aromatic heterocycles. The third kappa shape index (κ3) is 4.02. The Morgan fingerprint density at radius 1 is 1.11 bits per heavy atom. The lowest BCUT2D eigenvalue weighted by atomic mass is 9.97. The van der Waals surface area contributed by atoms with Crippen molar-refractivity contribution in [2.75, 3.05) is 24.1 Å². The molecule has 0 unspecified atom stereocenters. The van der Waals surface area contributed by atoms with Gasteiger partial charge < -0.3 is 4.90 Å². The average molecular weight is 416 g/mol. The van der Waals surface area contributed by atoms with Crippen molar-refractivity contribution in [2.24, 2.45) is 0 Å². The molecule has 0 aliphatic carbocycles. The predicted molar refractivity (Wildman–Crippen MR) is 112 cm³/mol. The quantitative estimate of drug-likeness (QED) is 0.705. The molecule has 1 amide bonds. The van der Waals surface area contributed by atoms with Crippen molar-refractivity contribution in [3.05, 3.63) is 59.1 Å². The van der Waals surface area contributed by atoms with E-state index >= 15 is 0 Å². The van der Waals surface area contributed by atoms with Gasteiger partial charge in [-0.1, -0.05) is 24.3 Å². The second-order valence-electron chi connectivity index (χ2n) is 7.01. The van der Waals surface area contributed by atoms with Gasteiger partial charge in [0.25, 0.3) is 5.91 Å². The van der Waals surface area contributed by atoms with Crippen LogP contribution in [0.1, 0.15) is 34.1 Å². The zero-order chi connectivity index (χ0) is 19.7. The first-order valence-corrected chi connectivity index (χ1v) is 11.8. The fourth-order valence-corrected chi connectivity index (χ4v) is 5.24. The number of piperidine rings is 1. The van der Waals surface area contributed by atoms with Gasteiger partial charge in [-0.3, -0.25) is 9.52 Å². The summed E-state index contributed by atoms with van der Waals surface area (Å²) in [5.41, 5.74) is 1.73. The molecule has 0 radical (unpaired) electrons. The summed E-state index contributed by atoms with van der Waals surface area (Å²) in [5, 5.41) is 1.13. The van der Waals surface area contributed by atoms with Gasteiger partial charge in [-0.2, -0.15) is 0 Å². The number of amides is 1. The average Bonchev–Trinajstić information content (AvgIpc) is 3.11. The van der Waals surface area contributed by atoms with E-state index in [-0.39, 0.29) is 5.91 Å². The Hall–Kier alpha value is -2.45. The molecule has 1 fully saturated rings. The third-order valence-electron chi connectivity index (χ3n) is 4.89. The van der Waals surface area contributed by atoms with E-state index in [1.54, 1.807) is 40.5 Å². The van der Waals surface area contributed by atoms with E-state index in [4.69, 9.17) is 4.98 Å². The number of sulfonamides is 1. The molecule has 2 heterocycles. The Morgan fingerprint density at radius 3 is 2.50 bits per heavy atom. The number of carbonyl (C=O) groups excluding carboxylic acids is 1. The lowest BCUT2D eigenvalue weighted by Crippen LogP contribution is -2.38. The summed E-state index contributed by atoms with van der Waals surface area (Å²) < 4.78 is 26.8. The Bertz CT molecular complexity index is 1080. The second kappa shape index (κ2) is 7.52. The minimum Gasteiger partial charge on any atom is -0.339 e. The van der Waals surface area contributed by atoms with Crippen LogP contribution in [0, 0.1) is 0 Å². The van der Waals surface area contributed by atoms with Crippen molar-refractivity contribution < 1.29 is 13.2 Å². The number of hydrogen-bond acceptors (Lipinski definition) is 5. The highest BCUT2D eigenvalue weighted by molar-refractivity contribution is 7.92. The molecule has 146 valence electrons. The lowest BCUT2D eigenvalue weighted by Gasteiger charge is -2.31. The maximum Gasteiger partial charge on any atom is 0.255 e. The van der Waals surface area contributed by atoms with Gasteiger partial charge in [0.05, 0.1) is 32.7 Å². The standard InChI is InChI=1S/C20H21N3O3S2/c1-28(25,26)22-16-7-3-2-6-15(16)20(24)23-12-10-14(11-13-23)19-21-17-8-4-5-9-18(17)27-19/h2-9,14,22H,10-13H2,1H3. The second-order valence-corrected chi connectivity index (χ2v) is 9.82. The van der Waals surface area contributed by atoms with Crippen LogP contribution < -0.4 is 4.72 Å². The van der Waals surface area contributed by atoms with Gasteiger partial charge in [-0.25, -0.2) is 13.4 Å². The molecule has 1 saturated heterocycles. The lowest BCUT2D eigenvalue weighted by molar-refractivity contribution is 0.0714. The zero-order valence-corrected chi connectivity index (χ0v) is 17.1. The molecule has 0 spiro atoms. The molecular weight excluding hydrogens is 394 g/mol. The van der Waals surface area contributed by atoms with Crippen LogP contribution >= 0.6 is 11.3 Å². The number of fused-ring (bicyclic) bond motifs is 1. The van der Waals surface area contributed by atoms with Crippen molar-refractivity contribution in [2.45, 2.75) is 18.8 Å². The number of carbonyl (C=O) groups is 1. The predicted octanol–water partition coefficient (Wildman–Crippen LogP) is 3.69. The smallest absolute Gasteiger partial charge is 0.255 e. The van der Waals surface area contributed by atoms with Crippen LogP contribution in [-0.4, -0.2) is 43.6 Å². The summed E-state index contributed by atoms with van der Waals surface area (Å²) in [4.78, 5) is 19.5. The van der Waals surface area contributed by atoms with Crippen molar-refractivity contribution in [3.8, 4) is 0 Å². The molecule has 3 aromatic rings. The molecule has 28 heavy (non-hydrogen) atoms. The Morgan fingerprint density at radius 2 is 1.79 bits per heavy atom. The molecule has 8 heteroatoms. The van der Waals surface area contributed by atoms with E-state index in [0.29, 0.717) is 30.3 Å². The van der Waals surface area contributed by atoms with Gasteiger partial charge in [-0.15, -0.1) is 11.3 Å². The Balaban J connectivity index is 1.47. The van der Waals surface area contributed by atoms with Crippen molar-refractivity contribution >= 4 is 43.2 Å². The van der Waals surface area contributed by atoms with Crippen LogP contribution in [0.4, 0.5) is 5.69 Å². The summed E-state index contributed by atoms with van der Waals surface area (Å²) >= 11 is 1.73. The maximum absolute atomic E-state index is 13.0. The molecule has 1 aliphatic heterocycles. The van der Waals surface area contributed by atoms with Gasteiger partial charge in [0.1, 0.15) is 0 Å². The first kappa shape index (κ1) is 18.9. The largest absolute Gasteiger partial charge is 0.339 e. The number of para-hydroxylation sites is 2. The van der Waals surface area contributed by atoms with Crippen LogP contribution in [0.25, 0.3) is 10.2 Å². The van der Waals surface area contributed by atoms with Crippen molar-refractivity contribution in [1.29, 1.82) is 0 Å². The monoisotopic (exact) mass is 415 g/mol. The van der Waals surface area contributed by atoms with Crippen LogP contribution in [0.2, 0.25) is 0 Å². The van der Waals surface area contributed by atoms with E-state index in [1.165, 1.54) is 4.70 Å². The first-order valence-electron chi connectivity index (χ1n) is 9.12. The molecule has 0 saturated carbocycles. The number of likely N-dealkylation sites (tertiary alicyclic amines) is 1. The number of nitrogens with zero attached hydrogens (tertiary/aromatic N) is 2. The van der Waals surface area contributed by atoms with Gasteiger partial charge >= 0.3 is 0 Å². The summed E-state index contributed by atoms with van der Waals surface area (Å²) in [6, 6.07) is 14.9. The summed E-state index contributed by atoms with van der Waals surface area (Å²) in [6.07, 6.45) is 2.79. The Labute approximate surface area is 168 Å². The summed E-state index contributed by atoms with van der Waals surface area (Å²) in [7, 11) is -3.45. The fourth-order valence-electron chi connectivity index (χ4n) is 3.52. The molecule has 1 aliphatic rings. The maximum atomic E-state index is 13.0. The number of anilines is 1. The number of thiazole rings is 1. The minimum absolute atomic E-state index is 0.144. The summed E-state index contributed by atoms with van der Waals surface area (Å²) in [5.74, 6) is 0.209. The molecule has 4 rings (SSSR count). The highest BCUT2D eigenvalue weighted by Crippen LogP contribution is 2.34. The van der Waals surface area contributed by atoms with E-state index in [1.807, 2.05) is 18.2 Å². The molecule has 0 atom stereocenters. The number of benzene rings is 2. The molecule has 2 aromatic carbocycles. The van der Waals surface area contributed by atoms with Crippen molar-refractivity contribution in [3.63, 3.8) is 0 Å². The van der Waals surface area contributed by atoms with Crippen molar-refractivity contribution in [1.82, 2.24) is 9.88 Å². The van der Waals surface area contributed by atoms with Gasteiger partial charge in [0.2, 0.25) is 10.0 Å². The number of nitrogens with one attached hydrogen (secondary N) is 1. The topological polar surface area (TPSA) is 79.4 Å². The Kier molecular flexibility index (Phi) is 5.07. The van der Waals surface area contributed by atoms with E-state index in [9.17, 15) is 13.2 Å². The van der Waals surface area contributed by atoms with Crippen LogP contribution in [0.15, 0.2) is 48.5 Å². The normalized spacial score (nSPS) is 15.7.